The summed E-state index contributed by atoms with van der Waals surface area (Å²) in [5, 5.41) is 4.55. The van der Waals surface area contributed by atoms with Gasteiger partial charge in [0.2, 0.25) is 0 Å². The topological polar surface area (TPSA) is 56.7 Å². The molecule has 51 heavy (non-hydrogen) atoms. The van der Waals surface area contributed by atoms with Gasteiger partial charge in [0.15, 0.2) is 17.5 Å². The first-order valence-electron chi connectivity index (χ1n) is 17.5. The lowest BCUT2D eigenvalue weighted by Gasteiger charge is -2.21. The fraction of sp³-hybridized carbons (Fsp3) is 0.0889. The largest absolute Gasteiger partial charge is 0.455 e. The van der Waals surface area contributed by atoms with Crippen LogP contribution in [0.2, 0.25) is 0 Å². The molecule has 0 saturated carbocycles. The van der Waals surface area contributed by atoms with Gasteiger partial charge in [0.25, 0.3) is 0 Å². The van der Waals surface area contributed by atoms with E-state index in [-0.39, 0.29) is 0 Å². The SMILES string of the molecule is C1=CC2=C(CC1)C1CC(c3nc(-c4ccccc4)nc(-c4cccc5c4oc4cccc(-n6c7ccccc7c7ccccc76)c45)n3)=CC=C1S2. The molecule has 5 aromatic carbocycles. The first-order chi connectivity index (χ1) is 25.3. The van der Waals surface area contributed by atoms with Gasteiger partial charge in [-0.1, -0.05) is 121 Å². The van der Waals surface area contributed by atoms with Crippen LogP contribution in [0.4, 0.5) is 0 Å². The van der Waals surface area contributed by atoms with Gasteiger partial charge in [0, 0.05) is 32.5 Å². The number of hydrogen-bond donors (Lipinski definition) is 0. The maximum Gasteiger partial charge on any atom is 0.167 e. The molecule has 3 aliphatic rings. The van der Waals surface area contributed by atoms with E-state index in [1.165, 1.54) is 20.6 Å². The van der Waals surface area contributed by atoms with Crippen LogP contribution in [0, 0.1) is 5.92 Å². The van der Waals surface area contributed by atoms with Crippen molar-refractivity contribution in [2.75, 3.05) is 0 Å². The molecule has 2 aliphatic carbocycles. The highest BCUT2D eigenvalue weighted by atomic mass is 32.2. The monoisotopic (exact) mass is 674 g/mol. The van der Waals surface area contributed by atoms with E-state index in [9.17, 15) is 0 Å². The minimum Gasteiger partial charge on any atom is -0.455 e. The van der Waals surface area contributed by atoms with Crippen LogP contribution < -0.4 is 0 Å². The molecule has 0 spiro atoms. The molecule has 3 aromatic heterocycles. The van der Waals surface area contributed by atoms with Gasteiger partial charge in [-0.15, -0.1) is 0 Å². The lowest BCUT2D eigenvalue weighted by Crippen LogP contribution is -2.10. The molecule has 0 radical (unpaired) electrons. The van der Waals surface area contributed by atoms with E-state index in [4.69, 9.17) is 19.4 Å². The number of allylic oxidation sites excluding steroid dienone is 7. The van der Waals surface area contributed by atoms with E-state index >= 15 is 0 Å². The van der Waals surface area contributed by atoms with Crippen molar-refractivity contribution < 1.29 is 4.42 Å². The lowest BCUT2D eigenvalue weighted by atomic mass is 9.84. The Labute approximate surface area is 298 Å². The smallest absolute Gasteiger partial charge is 0.167 e. The second-order valence-electron chi connectivity index (χ2n) is 13.4. The number of rotatable bonds is 4. The van der Waals surface area contributed by atoms with Gasteiger partial charge in [-0.05, 0) is 65.6 Å². The molecule has 6 heteroatoms. The van der Waals surface area contributed by atoms with Crippen molar-refractivity contribution in [3.05, 3.63) is 161 Å². The zero-order valence-corrected chi connectivity index (χ0v) is 28.4. The molecule has 242 valence electrons. The molecule has 0 bridgehead atoms. The lowest BCUT2D eigenvalue weighted by molar-refractivity contribution is 0.669. The molecule has 4 heterocycles. The minimum absolute atomic E-state index is 0.397. The number of nitrogens with zero attached hydrogens (tertiary/aromatic N) is 4. The first-order valence-corrected chi connectivity index (χ1v) is 18.3. The van der Waals surface area contributed by atoms with E-state index in [0.29, 0.717) is 17.6 Å². The molecule has 1 atom stereocenters. The van der Waals surface area contributed by atoms with Crippen molar-refractivity contribution in [3.8, 4) is 28.5 Å². The zero-order chi connectivity index (χ0) is 33.5. The Balaban J connectivity index is 1.11. The molecule has 1 aliphatic heterocycles. The average molecular weight is 675 g/mol. The van der Waals surface area contributed by atoms with E-state index in [0.717, 1.165) is 80.4 Å². The van der Waals surface area contributed by atoms with Crippen molar-refractivity contribution >= 4 is 61.1 Å². The summed E-state index contributed by atoms with van der Waals surface area (Å²) in [4.78, 5) is 18.3. The van der Waals surface area contributed by atoms with Crippen LogP contribution in [-0.4, -0.2) is 19.5 Å². The summed E-state index contributed by atoms with van der Waals surface area (Å²) in [5.41, 5.74) is 9.51. The molecule has 11 rings (SSSR count). The predicted octanol–water partition coefficient (Wildman–Crippen LogP) is 11.8. The summed E-state index contributed by atoms with van der Waals surface area (Å²) in [6.45, 7) is 0. The van der Waals surface area contributed by atoms with E-state index in [1.807, 2.05) is 30.0 Å². The fourth-order valence-electron chi connectivity index (χ4n) is 8.22. The molecule has 0 fully saturated rings. The summed E-state index contributed by atoms with van der Waals surface area (Å²) < 4.78 is 9.16. The third kappa shape index (κ3) is 4.46. The second-order valence-corrected chi connectivity index (χ2v) is 14.5. The molecular formula is C45H30N4OS. The van der Waals surface area contributed by atoms with Crippen LogP contribution >= 0.6 is 11.8 Å². The van der Waals surface area contributed by atoms with Crippen molar-refractivity contribution in [1.82, 2.24) is 19.5 Å². The normalized spacial score (nSPS) is 17.0. The number of para-hydroxylation sites is 3. The van der Waals surface area contributed by atoms with Crippen molar-refractivity contribution in [1.29, 1.82) is 0 Å². The van der Waals surface area contributed by atoms with Gasteiger partial charge in [-0.25, -0.2) is 15.0 Å². The van der Waals surface area contributed by atoms with E-state index in [2.05, 4.69) is 126 Å². The number of fused-ring (bicyclic) bond motifs is 8. The number of aromatic nitrogens is 4. The standard InChI is InChI=1S/C45H30N4OS/c1-2-12-27(13-3-1)43-46-44(28-24-25-40-34(26-28)31-16-6-9-23-39(31)51-40)48-45(47-43)33-18-10-17-32-41-37(21-11-22-38(41)50-42(32)33)49-35-19-7-4-14-29(35)30-15-5-8-20-36(30)49/h1-5,7-15,17-25,34H,6,16,26H2. The predicted molar refractivity (Wildman–Crippen MR) is 209 cm³/mol. The molecular weight excluding hydrogens is 645 g/mol. The molecule has 5 nitrogen and oxygen atoms in total. The van der Waals surface area contributed by atoms with Crippen LogP contribution in [0.1, 0.15) is 25.1 Å². The summed E-state index contributed by atoms with van der Waals surface area (Å²) in [6.07, 6.45) is 12.2. The molecule has 0 N–H and O–H groups in total. The number of hydrogen-bond acceptors (Lipinski definition) is 5. The van der Waals surface area contributed by atoms with Crippen LogP contribution in [-0.2, 0) is 0 Å². The van der Waals surface area contributed by atoms with Gasteiger partial charge < -0.3 is 8.98 Å². The van der Waals surface area contributed by atoms with Gasteiger partial charge in [-0.3, -0.25) is 0 Å². The number of thioether (sulfide) groups is 1. The van der Waals surface area contributed by atoms with Gasteiger partial charge in [0.1, 0.15) is 11.2 Å². The third-order valence-corrected chi connectivity index (χ3v) is 11.8. The highest BCUT2D eigenvalue weighted by Crippen LogP contribution is 2.53. The van der Waals surface area contributed by atoms with Crippen molar-refractivity contribution in [2.45, 2.75) is 19.3 Å². The average Bonchev–Trinajstić information content (AvgIpc) is 3.87. The van der Waals surface area contributed by atoms with Crippen LogP contribution in [0.15, 0.2) is 159 Å². The summed E-state index contributed by atoms with van der Waals surface area (Å²) >= 11 is 1.92. The van der Waals surface area contributed by atoms with E-state index < -0.39 is 0 Å². The highest BCUT2D eigenvalue weighted by molar-refractivity contribution is 8.07. The Morgan fingerprint density at radius 2 is 1.39 bits per heavy atom. The molecule has 0 saturated heterocycles. The van der Waals surface area contributed by atoms with Crippen LogP contribution in [0.5, 0.6) is 0 Å². The molecule has 8 aromatic rings. The van der Waals surface area contributed by atoms with Gasteiger partial charge >= 0.3 is 0 Å². The van der Waals surface area contributed by atoms with Crippen molar-refractivity contribution in [2.24, 2.45) is 5.92 Å². The Morgan fingerprint density at radius 3 is 2.24 bits per heavy atom. The Morgan fingerprint density at radius 1 is 0.667 bits per heavy atom. The van der Waals surface area contributed by atoms with Crippen LogP contribution in [0.25, 0.3) is 77.8 Å². The Kier molecular flexibility index (Phi) is 6.37. The zero-order valence-electron chi connectivity index (χ0n) is 27.6. The Bertz CT molecular complexity index is 2820. The van der Waals surface area contributed by atoms with Crippen molar-refractivity contribution in [3.63, 3.8) is 0 Å². The number of benzene rings is 5. The van der Waals surface area contributed by atoms with Crippen LogP contribution in [0.3, 0.4) is 0 Å². The first kappa shape index (κ1) is 28.8. The van der Waals surface area contributed by atoms with Gasteiger partial charge in [-0.2, -0.15) is 0 Å². The minimum atomic E-state index is 0.397. The fourth-order valence-corrected chi connectivity index (χ4v) is 9.51. The summed E-state index contributed by atoms with van der Waals surface area (Å²) in [6, 6.07) is 40.1. The second kappa shape index (κ2) is 11.3. The third-order valence-electron chi connectivity index (χ3n) is 10.5. The molecule has 1 unspecified atom stereocenters. The quantitative estimate of drug-likeness (QED) is 0.186. The highest BCUT2D eigenvalue weighted by Gasteiger charge is 2.34. The Hall–Kier alpha value is -5.98. The van der Waals surface area contributed by atoms with E-state index in [1.54, 1.807) is 5.57 Å². The summed E-state index contributed by atoms with van der Waals surface area (Å²) in [7, 11) is 0. The maximum absolute atomic E-state index is 6.79. The van der Waals surface area contributed by atoms with Gasteiger partial charge in [0.05, 0.1) is 27.7 Å². The summed E-state index contributed by atoms with van der Waals surface area (Å²) in [5.74, 6) is 2.39. The maximum atomic E-state index is 6.79. The number of furan rings is 1. The molecule has 0 amide bonds.